The number of ether oxygens (including phenoxy) is 3. The summed E-state index contributed by atoms with van der Waals surface area (Å²) in [4.78, 5) is 39.0. The molecule has 0 aromatic carbocycles. The second kappa shape index (κ2) is 17.3. The third-order valence-corrected chi connectivity index (χ3v) is 4.89. The highest BCUT2D eigenvalue weighted by atomic mass is 16.6. The second-order valence-electron chi connectivity index (χ2n) is 7.54. The quantitative estimate of drug-likeness (QED) is 0.130. The third-order valence-electron chi connectivity index (χ3n) is 4.89. The fourth-order valence-electron chi connectivity index (χ4n) is 2.85. The summed E-state index contributed by atoms with van der Waals surface area (Å²) < 4.78 is 16.0. The molecule has 0 rings (SSSR count). The highest BCUT2D eigenvalue weighted by Gasteiger charge is 2.56. The number of carbonyl (C=O) groups is 3. The van der Waals surface area contributed by atoms with E-state index in [2.05, 4.69) is 6.92 Å². The van der Waals surface area contributed by atoms with Crippen molar-refractivity contribution in [2.75, 3.05) is 19.8 Å². The number of rotatable bonds is 18. The van der Waals surface area contributed by atoms with Crippen LogP contribution in [0.5, 0.6) is 0 Å². The average molecular weight is 415 g/mol. The molecular weight excluding hydrogens is 372 g/mol. The molecule has 0 radical (unpaired) electrons. The molecule has 29 heavy (non-hydrogen) atoms. The molecule has 0 heterocycles. The summed E-state index contributed by atoms with van der Waals surface area (Å²) in [6.07, 6.45) is 9.19. The average Bonchev–Trinajstić information content (AvgIpc) is 2.71. The van der Waals surface area contributed by atoms with Crippen LogP contribution in [0.15, 0.2) is 0 Å². The molecule has 0 bridgehead atoms. The van der Waals surface area contributed by atoms with Gasteiger partial charge >= 0.3 is 17.9 Å². The van der Waals surface area contributed by atoms with Gasteiger partial charge in [0.2, 0.25) is 0 Å². The molecule has 0 spiro atoms. The Hall–Kier alpha value is -1.59. The van der Waals surface area contributed by atoms with Gasteiger partial charge in [-0.2, -0.15) is 0 Å². The topological polar surface area (TPSA) is 78.9 Å². The summed E-state index contributed by atoms with van der Waals surface area (Å²) in [7, 11) is 0. The van der Waals surface area contributed by atoms with Gasteiger partial charge in [0.1, 0.15) is 0 Å². The van der Waals surface area contributed by atoms with Crippen molar-refractivity contribution in [2.45, 2.75) is 105 Å². The van der Waals surface area contributed by atoms with Gasteiger partial charge in [0.05, 0.1) is 19.8 Å². The number of carbonyl (C=O) groups excluding carboxylic acids is 3. The van der Waals surface area contributed by atoms with Crippen LogP contribution in [0.1, 0.15) is 105 Å². The molecule has 0 aromatic rings. The molecule has 0 N–H and O–H groups in total. The van der Waals surface area contributed by atoms with E-state index in [0.717, 1.165) is 44.9 Å². The minimum absolute atomic E-state index is 0.0671. The van der Waals surface area contributed by atoms with Gasteiger partial charge in [-0.3, -0.25) is 14.4 Å². The van der Waals surface area contributed by atoms with Gasteiger partial charge in [-0.05, 0) is 25.7 Å². The van der Waals surface area contributed by atoms with Crippen LogP contribution in [-0.2, 0) is 28.6 Å². The van der Waals surface area contributed by atoms with Gasteiger partial charge in [-0.1, -0.05) is 79.1 Å². The number of esters is 3. The van der Waals surface area contributed by atoms with Gasteiger partial charge in [-0.15, -0.1) is 0 Å². The van der Waals surface area contributed by atoms with E-state index in [1.807, 2.05) is 20.8 Å². The Balaban J connectivity index is 5.52. The van der Waals surface area contributed by atoms with Crippen LogP contribution < -0.4 is 0 Å². The maximum Gasteiger partial charge on any atom is 0.335 e. The molecule has 0 atom stereocenters. The highest BCUT2D eigenvalue weighted by molar-refractivity contribution is 6.17. The Bertz CT molecular complexity index is 405. The molecule has 0 aromatic heterocycles. The summed E-state index contributed by atoms with van der Waals surface area (Å²) in [6, 6.07) is 0. The van der Waals surface area contributed by atoms with Crippen LogP contribution in [0.3, 0.4) is 0 Å². The van der Waals surface area contributed by atoms with Gasteiger partial charge in [0, 0.05) is 0 Å². The van der Waals surface area contributed by atoms with Crippen molar-refractivity contribution in [3.8, 4) is 0 Å². The molecule has 0 saturated heterocycles. The zero-order chi connectivity index (χ0) is 22.0. The van der Waals surface area contributed by atoms with Crippen molar-refractivity contribution in [1.82, 2.24) is 0 Å². The SMILES string of the molecule is CCCCCCCC(C(=O)OCCCC)(C(=O)OCCCC)C(=O)OCCCC. The third kappa shape index (κ3) is 10.1. The fourth-order valence-corrected chi connectivity index (χ4v) is 2.85. The Morgan fingerprint density at radius 3 is 1.21 bits per heavy atom. The van der Waals surface area contributed by atoms with Gasteiger partial charge in [0.15, 0.2) is 0 Å². The summed E-state index contributed by atoms with van der Waals surface area (Å²) in [5.41, 5.74) is -2.01. The Labute approximate surface area is 177 Å². The van der Waals surface area contributed by atoms with E-state index in [0.29, 0.717) is 25.7 Å². The molecule has 0 amide bonds. The normalized spacial score (nSPS) is 11.2. The minimum atomic E-state index is -2.01. The Kier molecular flexibility index (Phi) is 16.3. The lowest BCUT2D eigenvalue weighted by atomic mass is 9.82. The monoisotopic (exact) mass is 414 g/mol. The van der Waals surface area contributed by atoms with Crippen LogP contribution in [0, 0.1) is 5.41 Å². The van der Waals surface area contributed by atoms with Crippen LogP contribution >= 0.6 is 0 Å². The van der Waals surface area contributed by atoms with Crippen molar-refractivity contribution in [3.05, 3.63) is 0 Å². The lowest BCUT2D eigenvalue weighted by molar-refractivity contribution is -0.185. The molecule has 6 heteroatoms. The fraction of sp³-hybridized carbons (Fsp3) is 0.870. The van der Waals surface area contributed by atoms with Crippen molar-refractivity contribution in [2.24, 2.45) is 5.41 Å². The molecule has 0 fully saturated rings. The molecule has 0 aliphatic carbocycles. The lowest BCUT2D eigenvalue weighted by Gasteiger charge is -2.27. The lowest BCUT2D eigenvalue weighted by Crippen LogP contribution is -2.49. The first-order chi connectivity index (χ1) is 14.0. The summed E-state index contributed by atoms with van der Waals surface area (Å²) >= 11 is 0. The molecule has 0 aliphatic heterocycles. The van der Waals surface area contributed by atoms with E-state index in [9.17, 15) is 14.4 Å². The molecule has 0 saturated carbocycles. The smallest absolute Gasteiger partial charge is 0.335 e. The van der Waals surface area contributed by atoms with Crippen molar-refractivity contribution in [3.63, 3.8) is 0 Å². The largest absolute Gasteiger partial charge is 0.464 e. The maximum absolute atomic E-state index is 13.0. The van der Waals surface area contributed by atoms with E-state index < -0.39 is 23.3 Å². The van der Waals surface area contributed by atoms with E-state index in [1.165, 1.54) is 0 Å². The number of unbranched alkanes of at least 4 members (excludes halogenated alkanes) is 7. The Morgan fingerprint density at radius 2 is 0.862 bits per heavy atom. The van der Waals surface area contributed by atoms with Gasteiger partial charge < -0.3 is 14.2 Å². The van der Waals surface area contributed by atoms with Gasteiger partial charge in [0.25, 0.3) is 5.41 Å². The predicted molar refractivity (Wildman–Crippen MR) is 113 cm³/mol. The molecule has 170 valence electrons. The summed E-state index contributed by atoms with van der Waals surface area (Å²) in [5, 5.41) is 0. The minimum Gasteiger partial charge on any atom is -0.464 e. The van der Waals surface area contributed by atoms with Gasteiger partial charge in [-0.25, -0.2) is 0 Å². The summed E-state index contributed by atoms with van der Waals surface area (Å²) in [5.74, 6) is -2.49. The van der Waals surface area contributed by atoms with Crippen molar-refractivity contribution < 1.29 is 28.6 Å². The zero-order valence-electron chi connectivity index (χ0n) is 19.1. The predicted octanol–water partition coefficient (Wildman–Crippen LogP) is 5.36. The van der Waals surface area contributed by atoms with Crippen LogP contribution in [0.4, 0.5) is 0 Å². The number of hydrogen-bond acceptors (Lipinski definition) is 6. The van der Waals surface area contributed by atoms with E-state index in [1.54, 1.807) is 0 Å². The molecular formula is C23H42O6. The van der Waals surface area contributed by atoms with E-state index in [4.69, 9.17) is 14.2 Å². The molecule has 6 nitrogen and oxygen atoms in total. The van der Waals surface area contributed by atoms with Crippen molar-refractivity contribution in [1.29, 1.82) is 0 Å². The first-order valence-electron chi connectivity index (χ1n) is 11.5. The first kappa shape index (κ1) is 27.4. The van der Waals surface area contributed by atoms with Crippen LogP contribution in [0.2, 0.25) is 0 Å². The zero-order valence-corrected chi connectivity index (χ0v) is 19.1. The first-order valence-corrected chi connectivity index (χ1v) is 11.5. The van der Waals surface area contributed by atoms with E-state index >= 15 is 0 Å². The Morgan fingerprint density at radius 1 is 0.517 bits per heavy atom. The molecule has 0 unspecified atom stereocenters. The second-order valence-corrected chi connectivity index (χ2v) is 7.54. The van der Waals surface area contributed by atoms with Crippen LogP contribution in [-0.4, -0.2) is 37.7 Å². The highest BCUT2D eigenvalue weighted by Crippen LogP contribution is 2.32. The standard InChI is InChI=1S/C23H42O6/c1-5-9-13-14-15-16-23(20(24)27-17-10-6-2,21(25)28-18-11-7-3)22(26)29-19-12-8-4/h5-19H2,1-4H3. The maximum atomic E-state index is 13.0. The molecule has 0 aliphatic rings. The van der Waals surface area contributed by atoms with Crippen molar-refractivity contribution >= 4 is 17.9 Å². The van der Waals surface area contributed by atoms with E-state index in [-0.39, 0.29) is 26.2 Å². The summed E-state index contributed by atoms with van der Waals surface area (Å²) in [6.45, 7) is 8.59. The number of hydrogen-bond donors (Lipinski definition) is 0. The van der Waals surface area contributed by atoms with Crippen LogP contribution in [0.25, 0.3) is 0 Å².